The molecule has 3 heteroatoms. The maximum absolute atomic E-state index is 5.82. The van der Waals surface area contributed by atoms with Gasteiger partial charge in [-0.1, -0.05) is 23.7 Å². The Morgan fingerprint density at radius 3 is 2.24 bits per heavy atom. The Morgan fingerprint density at radius 2 is 1.65 bits per heavy atom. The highest BCUT2D eigenvalue weighted by Gasteiger charge is 1.91. The molecule has 0 atom stereocenters. The Bertz CT molecular complexity index is 503. The van der Waals surface area contributed by atoms with E-state index in [4.69, 9.17) is 11.6 Å². The highest BCUT2D eigenvalue weighted by molar-refractivity contribution is 7.98. The molecular formula is C14H12ClNS. The molecule has 0 unspecified atom stereocenters. The zero-order chi connectivity index (χ0) is 12.1. The van der Waals surface area contributed by atoms with Crippen LogP contribution in [-0.4, -0.2) is 12.5 Å². The summed E-state index contributed by atoms with van der Waals surface area (Å²) >= 11 is 7.54. The van der Waals surface area contributed by atoms with Crippen LogP contribution < -0.4 is 0 Å². The van der Waals surface area contributed by atoms with Crippen molar-refractivity contribution in [2.75, 3.05) is 6.26 Å². The summed E-state index contributed by atoms with van der Waals surface area (Å²) in [6.07, 6.45) is 3.90. The molecule has 0 aromatic heterocycles. The fraction of sp³-hybridized carbons (Fsp3) is 0.0714. The van der Waals surface area contributed by atoms with Crippen LogP contribution in [0.5, 0.6) is 0 Å². The Morgan fingerprint density at radius 1 is 1.00 bits per heavy atom. The predicted octanol–water partition coefficient (Wildman–Crippen LogP) is 4.81. The van der Waals surface area contributed by atoms with Crippen LogP contribution in [0.2, 0.25) is 5.02 Å². The van der Waals surface area contributed by atoms with Crippen molar-refractivity contribution >= 4 is 35.3 Å². The lowest BCUT2D eigenvalue weighted by Crippen LogP contribution is -1.78. The normalized spacial score (nSPS) is 10.9. The Kier molecular flexibility index (Phi) is 4.24. The molecule has 0 fully saturated rings. The fourth-order valence-corrected chi connectivity index (χ4v) is 1.90. The topological polar surface area (TPSA) is 12.4 Å². The molecule has 0 aliphatic carbocycles. The molecule has 0 saturated heterocycles. The van der Waals surface area contributed by atoms with Crippen molar-refractivity contribution in [3.63, 3.8) is 0 Å². The van der Waals surface area contributed by atoms with Crippen LogP contribution in [0.4, 0.5) is 5.69 Å². The van der Waals surface area contributed by atoms with Crippen molar-refractivity contribution in [3.05, 3.63) is 59.1 Å². The van der Waals surface area contributed by atoms with Gasteiger partial charge in [-0.15, -0.1) is 11.8 Å². The maximum Gasteiger partial charge on any atom is 0.0630 e. The van der Waals surface area contributed by atoms with E-state index in [-0.39, 0.29) is 0 Å². The molecule has 0 spiro atoms. The van der Waals surface area contributed by atoms with Gasteiger partial charge in [0.2, 0.25) is 0 Å². The molecular weight excluding hydrogens is 250 g/mol. The SMILES string of the molecule is CSc1ccc(/N=C/c2ccc(Cl)cc2)cc1. The molecule has 0 radical (unpaired) electrons. The van der Waals surface area contributed by atoms with Gasteiger partial charge in [0, 0.05) is 16.1 Å². The molecule has 0 aliphatic rings. The number of hydrogen-bond donors (Lipinski definition) is 0. The Hall–Kier alpha value is -1.25. The van der Waals surface area contributed by atoms with Gasteiger partial charge in [-0.3, -0.25) is 4.99 Å². The van der Waals surface area contributed by atoms with Gasteiger partial charge in [0.1, 0.15) is 0 Å². The van der Waals surface area contributed by atoms with Crippen molar-refractivity contribution in [3.8, 4) is 0 Å². The second kappa shape index (κ2) is 5.89. The van der Waals surface area contributed by atoms with E-state index in [1.165, 1.54) is 4.90 Å². The van der Waals surface area contributed by atoms with Crippen molar-refractivity contribution in [1.29, 1.82) is 0 Å². The molecule has 0 saturated carbocycles. The molecule has 0 N–H and O–H groups in total. The van der Waals surface area contributed by atoms with E-state index in [1.807, 2.05) is 42.6 Å². The third-order valence-corrected chi connectivity index (χ3v) is 3.30. The van der Waals surface area contributed by atoms with E-state index in [2.05, 4.69) is 23.4 Å². The first-order chi connectivity index (χ1) is 8.28. The van der Waals surface area contributed by atoms with Gasteiger partial charge < -0.3 is 0 Å². The largest absolute Gasteiger partial charge is 0.256 e. The Labute approximate surface area is 111 Å². The minimum absolute atomic E-state index is 0.742. The third kappa shape index (κ3) is 3.62. The van der Waals surface area contributed by atoms with Crippen LogP contribution in [0.25, 0.3) is 0 Å². The van der Waals surface area contributed by atoms with Crippen molar-refractivity contribution in [1.82, 2.24) is 0 Å². The van der Waals surface area contributed by atoms with Crippen LogP contribution in [0.3, 0.4) is 0 Å². The summed E-state index contributed by atoms with van der Waals surface area (Å²) in [6, 6.07) is 15.8. The van der Waals surface area contributed by atoms with E-state index >= 15 is 0 Å². The van der Waals surface area contributed by atoms with Crippen molar-refractivity contribution in [2.45, 2.75) is 4.90 Å². The highest BCUT2D eigenvalue weighted by Crippen LogP contribution is 2.19. The first-order valence-corrected chi connectivity index (χ1v) is 6.82. The van der Waals surface area contributed by atoms with Crippen molar-refractivity contribution < 1.29 is 0 Å². The van der Waals surface area contributed by atoms with E-state index in [1.54, 1.807) is 11.8 Å². The summed E-state index contributed by atoms with van der Waals surface area (Å²) in [6.45, 7) is 0. The van der Waals surface area contributed by atoms with Gasteiger partial charge in [-0.25, -0.2) is 0 Å². The van der Waals surface area contributed by atoms with E-state index in [0.29, 0.717) is 0 Å². The fourth-order valence-electron chi connectivity index (χ4n) is 1.37. The second-order valence-corrected chi connectivity index (χ2v) is 4.82. The smallest absolute Gasteiger partial charge is 0.0630 e. The molecule has 0 bridgehead atoms. The van der Waals surface area contributed by atoms with Crippen molar-refractivity contribution in [2.24, 2.45) is 4.99 Å². The summed E-state index contributed by atoms with van der Waals surface area (Å²) in [4.78, 5) is 5.65. The second-order valence-electron chi connectivity index (χ2n) is 3.51. The molecule has 0 amide bonds. The average molecular weight is 262 g/mol. The number of benzene rings is 2. The molecule has 2 aromatic rings. The number of thioether (sulfide) groups is 1. The predicted molar refractivity (Wildman–Crippen MR) is 76.9 cm³/mol. The quantitative estimate of drug-likeness (QED) is 0.570. The van der Waals surface area contributed by atoms with E-state index in [9.17, 15) is 0 Å². The molecule has 1 nitrogen and oxygen atoms in total. The number of halogens is 1. The van der Waals surface area contributed by atoms with Gasteiger partial charge in [-0.05, 0) is 48.2 Å². The van der Waals surface area contributed by atoms with Crippen LogP contribution in [0, 0.1) is 0 Å². The molecule has 0 aliphatic heterocycles. The van der Waals surface area contributed by atoms with Crippen LogP contribution in [0.15, 0.2) is 58.4 Å². The lowest BCUT2D eigenvalue weighted by molar-refractivity contribution is 1.42. The molecule has 0 heterocycles. The average Bonchev–Trinajstić information content (AvgIpc) is 2.39. The van der Waals surface area contributed by atoms with Gasteiger partial charge >= 0.3 is 0 Å². The van der Waals surface area contributed by atoms with Gasteiger partial charge in [0.05, 0.1) is 5.69 Å². The van der Waals surface area contributed by atoms with Gasteiger partial charge in [-0.2, -0.15) is 0 Å². The first kappa shape index (κ1) is 12.2. The Balaban J connectivity index is 2.11. The monoisotopic (exact) mass is 261 g/mol. The summed E-state index contributed by atoms with van der Waals surface area (Å²) in [7, 11) is 0. The molecule has 86 valence electrons. The zero-order valence-electron chi connectivity index (χ0n) is 9.43. The standard InChI is InChI=1S/C14H12ClNS/c1-17-14-8-6-13(7-9-14)16-10-11-2-4-12(15)5-3-11/h2-10H,1H3/b16-10+. The first-order valence-electron chi connectivity index (χ1n) is 5.21. The highest BCUT2D eigenvalue weighted by atomic mass is 35.5. The van der Waals surface area contributed by atoms with E-state index < -0.39 is 0 Å². The van der Waals surface area contributed by atoms with E-state index in [0.717, 1.165) is 16.3 Å². The lowest BCUT2D eigenvalue weighted by Gasteiger charge is -1.97. The number of nitrogens with zero attached hydrogens (tertiary/aromatic N) is 1. The summed E-state index contributed by atoms with van der Waals surface area (Å²) < 4.78 is 0. The molecule has 17 heavy (non-hydrogen) atoms. The lowest BCUT2D eigenvalue weighted by atomic mass is 10.2. The third-order valence-electron chi connectivity index (χ3n) is 2.31. The minimum atomic E-state index is 0.742. The van der Waals surface area contributed by atoms with Crippen LogP contribution in [0.1, 0.15) is 5.56 Å². The van der Waals surface area contributed by atoms with Crippen LogP contribution >= 0.6 is 23.4 Å². The number of aliphatic imine (C=N–C) groups is 1. The maximum atomic E-state index is 5.82. The van der Waals surface area contributed by atoms with Gasteiger partial charge in [0.15, 0.2) is 0 Å². The van der Waals surface area contributed by atoms with Crippen LogP contribution in [-0.2, 0) is 0 Å². The summed E-state index contributed by atoms with van der Waals surface area (Å²) in [5, 5.41) is 0.742. The number of rotatable bonds is 3. The zero-order valence-corrected chi connectivity index (χ0v) is 11.0. The number of hydrogen-bond acceptors (Lipinski definition) is 2. The molecule has 2 aromatic carbocycles. The summed E-state index contributed by atoms with van der Waals surface area (Å²) in [5.41, 5.74) is 2.00. The van der Waals surface area contributed by atoms with Gasteiger partial charge in [0.25, 0.3) is 0 Å². The molecule has 2 rings (SSSR count). The summed E-state index contributed by atoms with van der Waals surface area (Å²) in [5.74, 6) is 0. The minimum Gasteiger partial charge on any atom is -0.256 e.